The maximum atomic E-state index is 9.98. The molecule has 3 aliphatic rings. The van der Waals surface area contributed by atoms with E-state index < -0.39 is 0 Å². The fourth-order valence-electron chi connectivity index (χ4n) is 2.29. The number of hydrogen-bond donors (Lipinski definition) is 2. The molecule has 4 heterocycles. The molecule has 122 valence electrons. The zero-order valence-corrected chi connectivity index (χ0v) is 16.7. The van der Waals surface area contributed by atoms with E-state index in [1.165, 1.54) is 40.6 Å². The van der Waals surface area contributed by atoms with Crippen LogP contribution in [0.15, 0.2) is 39.1 Å². The van der Waals surface area contributed by atoms with Crippen LogP contribution in [0, 0.1) is 0 Å². The topological polar surface area (TPSA) is 66.2 Å². The average Bonchev–Trinajstić information content (AvgIpc) is 3.20. The number of aromatic hydroxyl groups is 2. The van der Waals surface area contributed by atoms with Crippen LogP contribution in [0.25, 0.3) is 11.0 Å². The van der Waals surface area contributed by atoms with E-state index in [1.54, 1.807) is 23.5 Å². The van der Waals surface area contributed by atoms with E-state index in [1.807, 2.05) is 47.0 Å². The molecule has 0 fully saturated rings. The molecule has 0 saturated heterocycles. The molecule has 24 heavy (non-hydrogen) atoms. The molecule has 0 spiro atoms. The van der Waals surface area contributed by atoms with Gasteiger partial charge in [0.25, 0.3) is 0 Å². The smallest absolute Gasteiger partial charge is 0.143 e. The molecule has 0 radical (unpaired) electrons. The van der Waals surface area contributed by atoms with Gasteiger partial charge in [0.1, 0.15) is 32.6 Å². The van der Waals surface area contributed by atoms with Gasteiger partial charge in [-0.05, 0) is 12.1 Å². The molecule has 10 heteroatoms. The lowest BCUT2D eigenvalue weighted by atomic mass is 10.2. The van der Waals surface area contributed by atoms with Gasteiger partial charge in [0.05, 0.1) is 16.9 Å². The molecular formula is C14H8N2O2S6. The highest BCUT2D eigenvalue weighted by molar-refractivity contribution is 8.42. The number of thioether (sulfide) groups is 6. The third kappa shape index (κ3) is 2.62. The number of hydrogen-bond acceptors (Lipinski definition) is 10. The summed E-state index contributed by atoms with van der Waals surface area (Å²) in [6.45, 7) is 0. The standard InChI is InChI=1S/C14H8N2O2S6/c17-5-1-2-6(18)8-7(5)15-9-10(16-8)22-13(21-9)14-23-11-12(24-14)20-4-3-19-11/h1-2,17-18H,3-4H2. The van der Waals surface area contributed by atoms with Crippen LogP contribution in [-0.2, 0) is 0 Å². The number of phenols is 2. The minimum atomic E-state index is 0.0411. The monoisotopic (exact) mass is 428 g/mol. The van der Waals surface area contributed by atoms with E-state index in [-0.39, 0.29) is 11.5 Å². The molecule has 4 nitrogen and oxygen atoms in total. The molecule has 0 aliphatic carbocycles. The summed E-state index contributed by atoms with van der Waals surface area (Å²) in [5.74, 6) is 2.43. The zero-order valence-electron chi connectivity index (χ0n) is 11.8. The van der Waals surface area contributed by atoms with Crippen LogP contribution >= 0.6 is 70.6 Å². The zero-order chi connectivity index (χ0) is 16.3. The fraction of sp³-hybridized carbons (Fsp3) is 0.143. The van der Waals surface area contributed by atoms with Gasteiger partial charge in [-0.25, -0.2) is 9.97 Å². The molecule has 1 aromatic heterocycles. The van der Waals surface area contributed by atoms with Gasteiger partial charge in [0.15, 0.2) is 0 Å². The van der Waals surface area contributed by atoms with Crippen LogP contribution in [0.3, 0.4) is 0 Å². The van der Waals surface area contributed by atoms with Gasteiger partial charge >= 0.3 is 0 Å². The van der Waals surface area contributed by atoms with Crippen molar-refractivity contribution < 1.29 is 10.2 Å². The van der Waals surface area contributed by atoms with Crippen molar-refractivity contribution in [3.8, 4) is 11.5 Å². The van der Waals surface area contributed by atoms with Gasteiger partial charge < -0.3 is 10.2 Å². The molecule has 1 aromatic carbocycles. The second kappa shape index (κ2) is 6.17. The predicted molar refractivity (Wildman–Crippen MR) is 109 cm³/mol. The van der Waals surface area contributed by atoms with Crippen molar-refractivity contribution in [1.29, 1.82) is 0 Å². The van der Waals surface area contributed by atoms with E-state index in [0.29, 0.717) is 11.0 Å². The molecule has 2 aromatic rings. The molecule has 0 bridgehead atoms. The number of rotatable bonds is 0. The Hall–Kier alpha value is -0.260. The lowest BCUT2D eigenvalue weighted by molar-refractivity contribution is 0.466. The normalized spacial score (nSPS) is 20.0. The van der Waals surface area contributed by atoms with Crippen LogP contribution in [0.1, 0.15) is 0 Å². The number of fused-ring (bicyclic) bond motifs is 2. The third-order valence-electron chi connectivity index (χ3n) is 3.35. The maximum Gasteiger partial charge on any atom is 0.143 e. The summed E-state index contributed by atoms with van der Waals surface area (Å²) in [4.78, 5) is 9.04. The van der Waals surface area contributed by atoms with E-state index in [4.69, 9.17) is 0 Å². The first kappa shape index (κ1) is 16.0. The van der Waals surface area contributed by atoms with Crippen LogP contribution in [0.2, 0.25) is 0 Å². The quantitative estimate of drug-likeness (QED) is 0.529. The van der Waals surface area contributed by atoms with Gasteiger partial charge in [0, 0.05) is 11.5 Å². The predicted octanol–water partition coefficient (Wildman–Crippen LogP) is 5.45. The van der Waals surface area contributed by atoms with Crippen LogP contribution < -0.4 is 0 Å². The van der Waals surface area contributed by atoms with Crippen LogP contribution in [0.5, 0.6) is 11.5 Å². The Kier molecular flexibility index (Phi) is 4.10. The Morgan fingerprint density at radius 2 is 1.12 bits per heavy atom. The maximum absolute atomic E-state index is 9.98. The van der Waals surface area contributed by atoms with Crippen LogP contribution in [-0.4, -0.2) is 31.7 Å². The summed E-state index contributed by atoms with van der Waals surface area (Å²) in [5.41, 5.74) is 0.701. The first-order chi connectivity index (χ1) is 11.7. The second-order valence-corrected chi connectivity index (χ2v) is 12.2. The van der Waals surface area contributed by atoms with E-state index in [2.05, 4.69) is 9.97 Å². The van der Waals surface area contributed by atoms with Crippen LogP contribution in [0.4, 0.5) is 0 Å². The van der Waals surface area contributed by atoms with Crippen molar-refractivity contribution >= 4 is 81.6 Å². The molecule has 0 saturated carbocycles. The first-order valence-corrected chi connectivity index (χ1v) is 12.1. The molecule has 0 amide bonds. The first-order valence-electron chi connectivity index (χ1n) is 6.87. The summed E-state index contributed by atoms with van der Waals surface area (Å²) in [6.07, 6.45) is 0. The van der Waals surface area contributed by atoms with Crippen molar-refractivity contribution in [3.63, 3.8) is 0 Å². The summed E-state index contributed by atoms with van der Waals surface area (Å²) >= 11 is 10.8. The lowest BCUT2D eigenvalue weighted by Gasteiger charge is -2.08. The van der Waals surface area contributed by atoms with Crippen molar-refractivity contribution in [2.45, 2.75) is 10.1 Å². The van der Waals surface area contributed by atoms with E-state index in [0.717, 1.165) is 10.1 Å². The largest absolute Gasteiger partial charge is 0.506 e. The minimum absolute atomic E-state index is 0.0411. The van der Waals surface area contributed by atoms with Gasteiger partial charge in [-0.1, -0.05) is 47.0 Å². The number of benzene rings is 1. The number of aromatic nitrogens is 2. The fourth-order valence-corrected chi connectivity index (χ4v) is 10.8. The minimum Gasteiger partial charge on any atom is -0.506 e. The Morgan fingerprint density at radius 3 is 1.62 bits per heavy atom. The SMILES string of the molecule is Oc1ccc(O)c2nc3c(nc12)SC(=C1SC2=C(SCCS2)S1)S3. The number of nitrogens with zero attached hydrogens (tertiary/aromatic N) is 2. The second-order valence-electron chi connectivity index (χ2n) is 4.89. The van der Waals surface area contributed by atoms with Crippen molar-refractivity contribution in [2.24, 2.45) is 0 Å². The Balaban J connectivity index is 1.53. The average molecular weight is 429 g/mol. The highest BCUT2D eigenvalue weighted by atomic mass is 32.3. The summed E-state index contributed by atoms with van der Waals surface area (Å²) in [5, 5.41) is 21.6. The summed E-state index contributed by atoms with van der Waals surface area (Å²) in [6, 6.07) is 2.89. The highest BCUT2D eigenvalue weighted by Gasteiger charge is 2.32. The molecule has 0 atom stereocenters. The lowest BCUT2D eigenvalue weighted by Crippen LogP contribution is -1.89. The van der Waals surface area contributed by atoms with Crippen molar-refractivity contribution in [1.82, 2.24) is 9.97 Å². The third-order valence-corrected chi connectivity index (χ3v) is 12.0. The number of phenolic OH excluding ortho intramolecular Hbond substituents is 2. The van der Waals surface area contributed by atoms with Gasteiger partial charge in [0.2, 0.25) is 0 Å². The Labute approximate surface area is 163 Å². The Bertz CT molecular complexity index is 885. The van der Waals surface area contributed by atoms with Gasteiger partial charge in [-0.2, -0.15) is 0 Å². The van der Waals surface area contributed by atoms with Gasteiger partial charge in [-0.15, -0.1) is 23.5 Å². The van der Waals surface area contributed by atoms with Crippen molar-refractivity contribution in [3.05, 3.63) is 29.1 Å². The molecular weight excluding hydrogens is 421 g/mol. The molecule has 0 unspecified atom stereocenters. The van der Waals surface area contributed by atoms with Crippen molar-refractivity contribution in [2.75, 3.05) is 11.5 Å². The van der Waals surface area contributed by atoms with E-state index in [9.17, 15) is 10.2 Å². The molecule has 3 aliphatic heterocycles. The van der Waals surface area contributed by atoms with Gasteiger partial charge in [-0.3, -0.25) is 0 Å². The summed E-state index contributed by atoms with van der Waals surface area (Å²) in [7, 11) is 0. The highest BCUT2D eigenvalue weighted by Crippen LogP contribution is 2.64. The van der Waals surface area contributed by atoms with E-state index >= 15 is 0 Å². The molecule has 2 N–H and O–H groups in total. The molecule has 5 rings (SSSR count). The summed E-state index contributed by atoms with van der Waals surface area (Å²) < 4.78 is 5.30. The Morgan fingerprint density at radius 1 is 0.667 bits per heavy atom.